The minimum atomic E-state index is -4.55. The number of alkyl halides is 3. The average molecular weight is 421 g/mol. The number of rotatable bonds is 6. The molecule has 29 heavy (non-hydrogen) atoms. The molecule has 7 nitrogen and oxygen atoms in total. The largest absolute Gasteiger partial charge is 0.455 e. The smallest absolute Gasteiger partial charge is 0.433 e. The fourth-order valence-electron chi connectivity index (χ4n) is 2.13. The van der Waals surface area contributed by atoms with Gasteiger partial charge in [0.2, 0.25) is 0 Å². The van der Waals surface area contributed by atoms with Crippen molar-refractivity contribution in [3.63, 3.8) is 0 Å². The number of hydrazone groups is 1. The third-order valence-corrected chi connectivity index (χ3v) is 4.31. The van der Waals surface area contributed by atoms with Crippen LogP contribution in [0.4, 0.5) is 13.2 Å². The van der Waals surface area contributed by atoms with E-state index >= 15 is 0 Å². The predicted molar refractivity (Wildman–Crippen MR) is 99.3 cm³/mol. The lowest BCUT2D eigenvalue weighted by Gasteiger charge is -2.08. The van der Waals surface area contributed by atoms with Crippen molar-refractivity contribution < 1.29 is 22.4 Å². The van der Waals surface area contributed by atoms with Gasteiger partial charge < -0.3 is 4.42 Å². The second-order valence-corrected chi connectivity index (χ2v) is 6.65. The number of hydrogen-bond donors (Lipinski definition) is 1. The van der Waals surface area contributed by atoms with Crippen LogP contribution in [0.1, 0.15) is 33.3 Å². The second kappa shape index (κ2) is 8.86. The van der Waals surface area contributed by atoms with Gasteiger partial charge in [0.1, 0.15) is 11.5 Å². The molecular weight excluding hydrogens is 407 g/mol. The average Bonchev–Trinajstić information content (AvgIpc) is 3.15. The van der Waals surface area contributed by atoms with Gasteiger partial charge in [-0.3, -0.25) is 9.78 Å². The molecule has 3 aromatic rings. The molecule has 0 aliphatic heterocycles. The quantitative estimate of drug-likeness (QED) is 0.281. The van der Waals surface area contributed by atoms with Crippen molar-refractivity contribution in [2.45, 2.75) is 24.0 Å². The highest BCUT2D eigenvalue weighted by molar-refractivity contribution is 7.98. The van der Waals surface area contributed by atoms with Gasteiger partial charge in [0.25, 0.3) is 0 Å². The summed E-state index contributed by atoms with van der Waals surface area (Å²) in [7, 11) is 0. The molecule has 3 rings (SSSR count). The molecule has 11 heteroatoms. The first-order valence-electron chi connectivity index (χ1n) is 8.19. The molecule has 0 aromatic carbocycles. The molecule has 0 radical (unpaired) electrons. The van der Waals surface area contributed by atoms with E-state index in [2.05, 4.69) is 25.5 Å². The number of aromatic nitrogens is 3. The van der Waals surface area contributed by atoms with E-state index in [0.29, 0.717) is 5.76 Å². The Hall–Kier alpha value is -3.21. The summed E-state index contributed by atoms with van der Waals surface area (Å²) < 4.78 is 43.9. The van der Waals surface area contributed by atoms with Crippen LogP contribution in [0.15, 0.2) is 57.4 Å². The molecule has 1 N–H and O–H groups in total. The van der Waals surface area contributed by atoms with Gasteiger partial charge in [-0.05, 0) is 42.8 Å². The normalized spacial score (nSPS) is 11.7. The van der Waals surface area contributed by atoms with Gasteiger partial charge in [0.15, 0.2) is 10.9 Å². The first-order valence-corrected chi connectivity index (χ1v) is 9.17. The number of thioether (sulfide) groups is 1. The van der Waals surface area contributed by atoms with Gasteiger partial charge in [0.05, 0.1) is 12.0 Å². The molecule has 0 saturated carbocycles. The SMILES string of the molecule is Cc1cc(C(F)(F)F)nc(SCc2ccc(C(=O)N/N=C/c3ccncc3)o2)n1. The summed E-state index contributed by atoms with van der Waals surface area (Å²) >= 11 is 0.975. The minimum absolute atomic E-state index is 0.0219. The number of aryl methyl sites for hydroxylation is 1. The van der Waals surface area contributed by atoms with Crippen molar-refractivity contribution in [3.8, 4) is 0 Å². The van der Waals surface area contributed by atoms with Gasteiger partial charge >= 0.3 is 12.1 Å². The first-order chi connectivity index (χ1) is 13.8. The Morgan fingerprint density at radius 3 is 2.72 bits per heavy atom. The number of nitrogens with zero attached hydrogens (tertiary/aromatic N) is 4. The van der Waals surface area contributed by atoms with Crippen molar-refractivity contribution in [2.24, 2.45) is 5.10 Å². The van der Waals surface area contributed by atoms with Gasteiger partial charge in [-0.2, -0.15) is 18.3 Å². The molecule has 0 unspecified atom stereocenters. The Balaban J connectivity index is 1.58. The van der Waals surface area contributed by atoms with Crippen molar-refractivity contribution in [1.82, 2.24) is 20.4 Å². The number of nitrogens with one attached hydrogen (secondary N) is 1. The van der Waals surface area contributed by atoms with E-state index < -0.39 is 17.8 Å². The van der Waals surface area contributed by atoms with Gasteiger partial charge in [-0.25, -0.2) is 15.4 Å². The van der Waals surface area contributed by atoms with Crippen molar-refractivity contribution in [1.29, 1.82) is 0 Å². The van der Waals surface area contributed by atoms with Gasteiger partial charge in [-0.1, -0.05) is 11.8 Å². The summed E-state index contributed by atoms with van der Waals surface area (Å²) in [5, 5.41) is 3.79. The fraction of sp³-hybridized carbons (Fsp3) is 0.167. The topological polar surface area (TPSA) is 93.3 Å². The van der Waals surface area contributed by atoms with Crippen molar-refractivity contribution in [2.75, 3.05) is 0 Å². The molecule has 0 saturated heterocycles. The zero-order chi connectivity index (χ0) is 20.9. The number of halogens is 3. The highest BCUT2D eigenvalue weighted by atomic mass is 32.2. The summed E-state index contributed by atoms with van der Waals surface area (Å²) in [5.74, 6) is 0.0113. The molecule has 0 bridgehead atoms. The lowest BCUT2D eigenvalue weighted by Crippen LogP contribution is -2.16. The van der Waals surface area contributed by atoms with E-state index in [4.69, 9.17) is 4.42 Å². The fourth-order valence-corrected chi connectivity index (χ4v) is 2.93. The molecule has 3 aromatic heterocycles. The number of hydrogen-bond acceptors (Lipinski definition) is 7. The summed E-state index contributed by atoms with van der Waals surface area (Å²) in [6, 6.07) is 7.32. The number of carbonyl (C=O) groups is 1. The van der Waals surface area contributed by atoms with Crippen LogP contribution in [0, 0.1) is 6.92 Å². The van der Waals surface area contributed by atoms with Crippen LogP contribution in [0.2, 0.25) is 0 Å². The molecule has 0 aliphatic carbocycles. The molecule has 150 valence electrons. The third kappa shape index (κ3) is 5.88. The molecule has 0 fully saturated rings. The van der Waals surface area contributed by atoms with Crippen LogP contribution in [0.3, 0.4) is 0 Å². The predicted octanol–water partition coefficient (Wildman–Crippen LogP) is 3.85. The van der Waals surface area contributed by atoms with Crippen molar-refractivity contribution in [3.05, 3.63) is 71.2 Å². The highest BCUT2D eigenvalue weighted by Gasteiger charge is 2.33. The molecule has 3 heterocycles. The molecule has 0 atom stereocenters. The Bertz CT molecular complexity index is 1020. The zero-order valence-corrected chi connectivity index (χ0v) is 15.8. The van der Waals surface area contributed by atoms with E-state index in [1.165, 1.54) is 19.2 Å². The van der Waals surface area contributed by atoms with Crippen LogP contribution < -0.4 is 5.43 Å². The van der Waals surface area contributed by atoms with Crippen LogP contribution in [0.25, 0.3) is 0 Å². The van der Waals surface area contributed by atoms with E-state index in [-0.39, 0.29) is 22.4 Å². The summed E-state index contributed by atoms with van der Waals surface area (Å²) in [6.07, 6.45) is 0.0901. The molecule has 0 aliphatic rings. The Morgan fingerprint density at radius 1 is 1.24 bits per heavy atom. The van der Waals surface area contributed by atoms with Crippen LogP contribution in [-0.4, -0.2) is 27.1 Å². The van der Waals surface area contributed by atoms with Crippen LogP contribution in [0.5, 0.6) is 0 Å². The molecule has 1 amide bonds. The monoisotopic (exact) mass is 421 g/mol. The van der Waals surface area contributed by atoms with E-state index in [1.54, 1.807) is 30.6 Å². The van der Waals surface area contributed by atoms with E-state index in [9.17, 15) is 18.0 Å². The number of furan rings is 1. The lowest BCUT2D eigenvalue weighted by atomic mass is 10.3. The van der Waals surface area contributed by atoms with Crippen molar-refractivity contribution >= 4 is 23.9 Å². The molecular formula is C18H14F3N5O2S. The summed E-state index contributed by atoms with van der Waals surface area (Å²) in [4.78, 5) is 23.4. The number of amides is 1. The Morgan fingerprint density at radius 2 is 2.00 bits per heavy atom. The van der Waals surface area contributed by atoms with Crippen LogP contribution >= 0.6 is 11.8 Å². The summed E-state index contributed by atoms with van der Waals surface area (Å²) in [6.45, 7) is 1.46. The van der Waals surface area contributed by atoms with Crippen LogP contribution in [-0.2, 0) is 11.9 Å². The Kier molecular flexibility index (Phi) is 6.27. The standard InChI is InChI=1S/C18H14F3N5O2S/c1-11-8-15(18(19,20)21)25-17(24-11)29-10-13-2-3-14(28-13)16(27)26-23-9-12-4-6-22-7-5-12/h2-9H,10H2,1H3,(H,26,27)/b23-9+. The maximum Gasteiger partial charge on any atom is 0.433 e. The van der Waals surface area contributed by atoms with Gasteiger partial charge in [0, 0.05) is 18.1 Å². The maximum absolute atomic E-state index is 12.8. The lowest BCUT2D eigenvalue weighted by molar-refractivity contribution is -0.141. The number of pyridine rings is 1. The first kappa shape index (κ1) is 20.5. The highest BCUT2D eigenvalue weighted by Crippen LogP contribution is 2.30. The third-order valence-electron chi connectivity index (χ3n) is 3.44. The molecule has 0 spiro atoms. The van der Waals surface area contributed by atoms with E-state index in [1.807, 2.05) is 0 Å². The minimum Gasteiger partial charge on any atom is -0.455 e. The number of carbonyl (C=O) groups excluding carboxylic acids is 1. The second-order valence-electron chi connectivity index (χ2n) is 5.71. The zero-order valence-electron chi connectivity index (χ0n) is 15.0. The Labute approximate surface area is 167 Å². The maximum atomic E-state index is 12.8. The van der Waals surface area contributed by atoms with Gasteiger partial charge in [-0.15, -0.1) is 0 Å². The summed E-state index contributed by atoms with van der Waals surface area (Å²) in [5.41, 5.74) is 2.29. The van der Waals surface area contributed by atoms with E-state index in [0.717, 1.165) is 23.4 Å².